The van der Waals surface area contributed by atoms with Crippen molar-refractivity contribution in [3.05, 3.63) is 53.9 Å². The van der Waals surface area contributed by atoms with Gasteiger partial charge >= 0.3 is 0 Å². The highest BCUT2D eigenvalue weighted by Gasteiger charge is 2.11. The SMILES string of the molecule is CNC(=O)c1ccc(NC(=O)c2ncccc2N)cc1. The summed E-state index contributed by atoms with van der Waals surface area (Å²) in [5, 5.41) is 5.19. The highest BCUT2D eigenvalue weighted by atomic mass is 16.2. The number of rotatable bonds is 3. The molecule has 0 fully saturated rings. The molecule has 4 N–H and O–H groups in total. The van der Waals surface area contributed by atoms with E-state index in [1.54, 1.807) is 43.4 Å². The second-order valence-corrected chi connectivity index (χ2v) is 4.05. The maximum Gasteiger partial charge on any atom is 0.276 e. The maximum atomic E-state index is 12.0. The van der Waals surface area contributed by atoms with Crippen molar-refractivity contribution in [2.45, 2.75) is 0 Å². The largest absolute Gasteiger partial charge is 0.397 e. The molecule has 1 aromatic carbocycles. The van der Waals surface area contributed by atoms with Gasteiger partial charge in [-0.05, 0) is 36.4 Å². The van der Waals surface area contributed by atoms with Crippen LogP contribution in [0.3, 0.4) is 0 Å². The number of hydrogen-bond donors (Lipinski definition) is 3. The van der Waals surface area contributed by atoms with Crippen molar-refractivity contribution in [1.82, 2.24) is 10.3 Å². The highest BCUT2D eigenvalue weighted by Crippen LogP contribution is 2.13. The van der Waals surface area contributed by atoms with Crippen molar-refractivity contribution >= 4 is 23.2 Å². The minimum Gasteiger partial charge on any atom is -0.397 e. The zero-order chi connectivity index (χ0) is 14.5. The molecule has 0 aliphatic carbocycles. The van der Waals surface area contributed by atoms with E-state index in [0.717, 1.165) is 0 Å². The van der Waals surface area contributed by atoms with Gasteiger partial charge in [0.1, 0.15) is 0 Å². The van der Waals surface area contributed by atoms with E-state index in [1.807, 2.05) is 0 Å². The van der Waals surface area contributed by atoms with Crippen molar-refractivity contribution in [3.63, 3.8) is 0 Å². The Morgan fingerprint density at radius 2 is 1.80 bits per heavy atom. The van der Waals surface area contributed by atoms with Gasteiger partial charge in [0.2, 0.25) is 0 Å². The molecule has 1 heterocycles. The molecule has 0 aliphatic heterocycles. The number of benzene rings is 1. The Hall–Kier alpha value is -2.89. The van der Waals surface area contributed by atoms with Crippen molar-refractivity contribution in [2.75, 3.05) is 18.1 Å². The molecule has 0 saturated heterocycles. The van der Waals surface area contributed by atoms with Crippen LogP contribution in [-0.2, 0) is 0 Å². The number of aromatic nitrogens is 1. The third-order valence-corrected chi connectivity index (χ3v) is 2.69. The van der Waals surface area contributed by atoms with E-state index in [9.17, 15) is 9.59 Å². The Kier molecular flexibility index (Phi) is 3.95. The first kappa shape index (κ1) is 13.5. The number of hydrogen-bond acceptors (Lipinski definition) is 4. The number of nitrogen functional groups attached to an aromatic ring is 1. The lowest BCUT2D eigenvalue weighted by molar-refractivity contribution is 0.0962. The summed E-state index contributed by atoms with van der Waals surface area (Å²) in [6, 6.07) is 9.79. The monoisotopic (exact) mass is 270 g/mol. The molecule has 0 radical (unpaired) electrons. The predicted molar refractivity (Wildman–Crippen MR) is 76.4 cm³/mol. The van der Waals surface area contributed by atoms with Crippen molar-refractivity contribution < 1.29 is 9.59 Å². The summed E-state index contributed by atoms with van der Waals surface area (Å²) in [4.78, 5) is 27.3. The van der Waals surface area contributed by atoms with E-state index < -0.39 is 5.91 Å². The number of anilines is 2. The molecule has 2 rings (SSSR count). The smallest absolute Gasteiger partial charge is 0.276 e. The fourth-order valence-electron chi connectivity index (χ4n) is 1.65. The number of carbonyl (C=O) groups excluding carboxylic acids is 2. The summed E-state index contributed by atoms with van der Waals surface area (Å²) in [5.74, 6) is -0.576. The van der Waals surface area contributed by atoms with Crippen molar-refractivity contribution in [3.8, 4) is 0 Å². The van der Waals surface area contributed by atoms with Crippen LogP contribution in [0.1, 0.15) is 20.8 Å². The average Bonchev–Trinajstić information content (AvgIpc) is 2.47. The zero-order valence-electron chi connectivity index (χ0n) is 10.9. The lowest BCUT2D eigenvalue weighted by atomic mass is 10.2. The van der Waals surface area contributed by atoms with Gasteiger partial charge < -0.3 is 16.4 Å². The molecule has 0 bridgehead atoms. The topological polar surface area (TPSA) is 97.1 Å². The third-order valence-electron chi connectivity index (χ3n) is 2.69. The van der Waals surface area contributed by atoms with E-state index in [1.165, 1.54) is 6.20 Å². The van der Waals surface area contributed by atoms with Gasteiger partial charge in [-0.1, -0.05) is 0 Å². The molecular weight excluding hydrogens is 256 g/mol. The highest BCUT2D eigenvalue weighted by molar-refractivity contribution is 6.06. The Morgan fingerprint density at radius 1 is 1.10 bits per heavy atom. The van der Waals surface area contributed by atoms with Gasteiger partial charge in [0, 0.05) is 24.5 Å². The minimum atomic E-state index is -0.393. The first-order valence-corrected chi connectivity index (χ1v) is 5.96. The second kappa shape index (κ2) is 5.83. The first-order valence-electron chi connectivity index (χ1n) is 5.96. The molecule has 0 aliphatic rings. The van der Waals surface area contributed by atoms with Gasteiger partial charge in [0.05, 0.1) is 5.69 Å². The molecule has 6 heteroatoms. The van der Waals surface area contributed by atoms with E-state index in [-0.39, 0.29) is 11.6 Å². The van der Waals surface area contributed by atoms with Crippen LogP contribution < -0.4 is 16.4 Å². The van der Waals surface area contributed by atoms with Crippen LogP contribution in [0.5, 0.6) is 0 Å². The molecule has 20 heavy (non-hydrogen) atoms. The van der Waals surface area contributed by atoms with E-state index in [0.29, 0.717) is 16.9 Å². The second-order valence-electron chi connectivity index (χ2n) is 4.05. The Labute approximate surface area is 116 Å². The van der Waals surface area contributed by atoms with Crippen LogP contribution in [0.4, 0.5) is 11.4 Å². The summed E-state index contributed by atoms with van der Waals surface area (Å²) in [7, 11) is 1.56. The van der Waals surface area contributed by atoms with Crippen LogP contribution >= 0.6 is 0 Å². The van der Waals surface area contributed by atoms with Crippen LogP contribution in [0.15, 0.2) is 42.6 Å². The van der Waals surface area contributed by atoms with Gasteiger partial charge in [-0.25, -0.2) is 4.98 Å². The summed E-state index contributed by atoms with van der Waals surface area (Å²) in [6.07, 6.45) is 1.50. The Balaban J connectivity index is 2.13. The number of pyridine rings is 1. The number of amides is 2. The fraction of sp³-hybridized carbons (Fsp3) is 0.0714. The summed E-state index contributed by atoms with van der Waals surface area (Å²) in [6.45, 7) is 0. The van der Waals surface area contributed by atoms with Gasteiger partial charge in [-0.15, -0.1) is 0 Å². The average molecular weight is 270 g/mol. The van der Waals surface area contributed by atoms with Crippen LogP contribution in [-0.4, -0.2) is 23.8 Å². The van der Waals surface area contributed by atoms with Crippen molar-refractivity contribution in [1.29, 1.82) is 0 Å². The van der Waals surface area contributed by atoms with Gasteiger partial charge in [0.15, 0.2) is 5.69 Å². The van der Waals surface area contributed by atoms with Crippen molar-refractivity contribution in [2.24, 2.45) is 0 Å². The number of carbonyl (C=O) groups is 2. The maximum absolute atomic E-state index is 12.0. The Morgan fingerprint density at radius 3 is 2.40 bits per heavy atom. The Bertz CT molecular complexity index is 638. The normalized spacial score (nSPS) is 9.85. The lowest BCUT2D eigenvalue weighted by Crippen LogP contribution is -2.18. The molecule has 0 atom stereocenters. The van der Waals surface area contributed by atoms with Crippen LogP contribution in [0, 0.1) is 0 Å². The molecule has 0 unspecified atom stereocenters. The molecule has 1 aromatic heterocycles. The van der Waals surface area contributed by atoms with E-state index >= 15 is 0 Å². The van der Waals surface area contributed by atoms with Gasteiger partial charge in [0.25, 0.3) is 11.8 Å². The van der Waals surface area contributed by atoms with Gasteiger partial charge in [-0.3, -0.25) is 9.59 Å². The molecule has 102 valence electrons. The van der Waals surface area contributed by atoms with Crippen LogP contribution in [0.25, 0.3) is 0 Å². The number of nitrogens with zero attached hydrogens (tertiary/aromatic N) is 1. The standard InChI is InChI=1S/C14H14N4O2/c1-16-13(19)9-4-6-10(7-5-9)18-14(20)12-11(15)3-2-8-17-12/h2-8H,15H2,1H3,(H,16,19)(H,18,20). The van der Waals surface area contributed by atoms with E-state index in [2.05, 4.69) is 15.6 Å². The van der Waals surface area contributed by atoms with Crippen LogP contribution in [0.2, 0.25) is 0 Å². The van der Waals surface area contributed by atoms with Gasteiger partial charge in [-0.2, -0.15) is 0 Å². The summed E-state index contributed by atoms with van der Waals surface area (Å²) >= 11 is 0. The predicted octanol–water partition coefficient (Wildman–Crippen LogP) is 1.28. The molecular formula is C14H14N4O2. The minimum absolute atomic E-state index is 0.169. The molecule has 6 nitrogen and oxygen atoms in total. The molecule has 2 aromatic rings. The fourth-order valence-corrected chi connectivity index (χ4v) is 1.65. The third kappa shape index (κ3) is 2.92. The first-order chi connectivity index (χ1) is 9.61. The zero-order valence-corrected chi connectivity index (χ0v) is 10.9. The quantitative estimate of drug-likeness (QED) is 0.782. The lowest BCUT2D eigenvalue weighted by Gasteiger charge is -2.07. The molecule has 0 spiro atoms. The molecule has 2 amide bonds. The number of nitrogens with two attached hydrogens (primary N) is 1. The summed E-state index contributed by atoms with van der Waals surface area (Å²) in [5.41, 5.74) is 7.24. The summed E-state index contributed by atoms with van der Waals surface area (Å²) < 4.78 is 0. The molecule has 0 saturated carbocycles. The van der Waals surface area contributed by atoms with E-state index in [4.69, 9.17) is 5.73 Å². The number of nitrogens with one attached hydrogen (secondary N) is 2.